The molecule has 1 fully saturated rings. The molecule has 0 aromatic rings. The largest absolute Gasteiger partial charge is 0.393 e. The maximum atomic E-state index is 9.76. The lowest BCUT2D eigenvalue weighted by atomic mass is 9.93. The van der Waals surface area contributed by atoms with Gasteiger partial charge in [-0.15, -0.1) is 0 Å². The lowest BCUT2D eigenvalue weighted by Gasteiger charge is -2.44. The second kappa shape index (κ2) is 4.37. The van der Waals surface area contributed by atoms with Gasteiger partial charge in [-0.05, 0) is 6.92 Å². The Balaban J connectivity index is 2.66. The maximum Gasteiger partial charge on any atom is 0.136 e. The highest BCUT2D eigenvalue weighted by Crippen LogP contribution is 2.27. The zero-order chi connectivity index (χ0) is 10.0. The maximum absolute atomic E-state index is 9.76. The molecule has 0 spiro atoms. The van der Waals surface area contributed by atoms with Crippen molar-refractivity contribution in [3.05, 3.63) is 6.92 Å². The smallest absolute Gasteiger partial charge is 0.136 e. The molecule has 1 saturated heterocycles. The van der Waals surface area contributed by atoms with Crippen LogP contribution in [0, 0.1) is 12.8 Å². The monoisotopic (exact) mass is 189 g/mol. The van der Waals surface area contributed by atoms with Gasteiger partial charge in [0.15, 0.2) is 0 Å². The number of hydrogen-bond acceptors (Lipinski definition) is 4. The highest BCUT2D eigenvalue weighted by Gasteiger charge is 2.37. The van der Waals surface area contributed by atoms with E-state index in [2.05, 4.69) is 6.92 Å². The van der Waals surface area contributed by atoms with Crippen molar-refractivity contribution in [2.45, 2.75) is 31.5 Å². The summed E-state index contributed by atoms with van der Waals surface area (Å²) in [6, 6.07) is 0. The SMILES string of the molecule is [CH2-]C1C(OC)OC(C)C(OC)C1O. The minimum atomic E-state index is -0.640. The van der Waals surface area contributed by atoms with Crippen LogP contribution in [0.3, 0.4) is 0 Å². The Labute approximate surface area is 78.8 Å². The molecular weight excluding hydrogens is 172 g/mol. The van der Waals surface area contributed by atoms with Crippen molar-refractivity contribution in [3.63, 3.8) is 0 Å². The molecule has 5 atom stereocenters. The molecule has 4 nitrogen and oxygen atoms in total. The van der Waals surface area contributed by atoms with Crippen molar-refractivity contribution in [3.8, 4) is 0 Å². The fourth-order valence-corrected chi connectivity index (χ4v) is 1.63. The van der Waals surface area contributed by atoms with E-state index in [1.54, 1.807) is 7.11 Å². The van der Waals surface area contributed by atoms with Crippen molar-refractivity contribution in [2.75, 3.05) is 14.2 Å². The molecule has 0 bridgehead atoms. The summed E-state index contributed by atoms with van der Waals surface area (Å²) >= 11 is 0. The first-order valence-electron chi connectivity index (χ1n) is 4.34. The van der Waals surface area contributed by atoms with Crippen molar-refractivity contribution in [1.29, 1.82) is 0 Å². The number of methoxy groups -OCH3 is 2. The molecule has 1 aliphatic heterocycles. The Kier molecular flexibility index (Phi) is 3.67. The van der Waals surface area contributed by atoms with E-state index in [1.807, 2.05) is 6.92 Å². The third-order valence-corrected chi connectivity index (χ3v) is 2.44. The first-order chi connectivity index (χ1) is 6.11. The van der Waals surface area contributed by atoms with Crippen molar-refractivity contribution < 1.29 is 19.3 Å². The summed E-state index contributed by atoms with van der Waals surface area (Å²) < 4.78 is 15.6. The van der Waals surface area contributed by atoms with Gasteiger partial charge in [-0.25, -0.2) is 0 Å². The first kappa shape index (κ1) is 10.9. The van der Waals surface area contributed by atoms with Gasteiger partial charge in [-0.1, -0.05) is 5.92 Å². The molecule has 13 heavy (non-hydrogen) atoms. The van der Waals surface area contributed by atoms with Gasteiger partial charge in [0.1, 0.15) is 12.4 Å². The average Bonchev–Trinajstić information content (AvgIpc) is 2.12. The molecule has 1 rings (SSSR count). The van der Waals surface area contributed by atoms with E-state index in [0.29, 0.717) is 0 Å². The number of ether oxygens (including phenoxy) is 3. The Morgan fingerprint density at radius 2 is 1.92 bits per heavy atom. The first-order valence-corrected chi connectivity index (χ1v) is 4.34. The van der Waals surface area contributed by atoms with Crippen LogP contribution in [0.1, 0.15) is 6.92 Å². The normalized spacial score (nSPS) is 46.4. The summed E-state index contributed by atoms with van der Waals surface area (Å²) in [6.07, 6.45) is -1.59. The van der Waals surface area contributed by atoms with Gasteiger partial charge in [0.05, 0.1) is 12.2 Å². The average molecular weight is 189 g/mol. The molecule has 0 aromatic heterocycles. The zero-order valence-electron chi connectivity index (χ0n) is 8.27. The molecule has 0 amide bonds. The molecule has 1 aliphatic rings. The Bertz CT molecular complexity index is 162. The van der Waals surface area contributed by atoms with E-state index in [9.17, 15) is 5.11 Å². The third kappa shape index (κ3) is 2.02. The number of rotatable bonds is 2. The summed E-state index contributed by atoms with van der Waals surface area (Å²) in [6.45, 7) is 5.63. The molecular formula is C9H17O4-. The summed E-state index contributed by atoms with van der Waals surface area (Å²) in [5.41, 5.74) is 0. The van der Waals surface area contributed by atoms with Gasteiger partial charge in [-0.2, -0.15) is 0 Å². The topological polar surface area (TPSA) is 47.9 Å². The Morgan fingerprint density at radius 3 is 2.38 bits per heavy atom. The van der Waals surface area contributed by atoms with Crippen LogP contribution in [0.4, 0.5) is 0 Å². The second-order valence-electron chi connectivity index (χ2n) is 3.30. The van der Waals surface area contributed by atoms with Crippen LogP contribution in [-0.4, -0.2) is 43.9 Å². The molecule has 0 aliphatic carbocycles. The van der Waals surface area contributed by atoms with E-state index >= 15 is 0 Å². The van der Waals surface area contributed by atoms with Crippen LogP contribution in [0.2, 0.25) is 0 Å². The van der Waals surface area contributed by atoms with Gasteiger partial charge >= 0.3 is 0 Å². The standard InChI is InChI=1S/C9H17O4/c1-5-7(10)8(11-3)6(2)13-9(5)12-4/h5-10H,1H2,2-4H3/q-1. The Morgan fingerprint density at radius 1 is 1.31 bits per heavy atom. The number of aliphatic hydroxyl groups excluding tert-OH is 1. The summed E-state index contributed by atoms with van der Waals surface area (Å²) in [4.78, 5) is 0. The lowest BCUT2D eigenvalue weighted by Crippen LogP contribution is -2.53. The fourth-order valence-electron chi connectivity index (χ4n) is 1.63. The van der Waals surface area contributed by atoms with E-state index < -0.39 is 12.4 Å². The highest BCUT2D eigenvalue weighted by molar-refractivity contribution is 4.89. The number of aliphatic hydroxyl groups is 1. The zero-order valence-corrected chi connectivity index (χ0v) is 8.27. The second-order valence-corrected chi connectivity index (χ2v) is 3.30. The van der Waals surface area contributed by atoms with Gasteiger partial charge in [0.2, 0.25) is 0 Å². The van der Waals surface area contributed by atoms with E-state index in [4.69, 9.17) is 14.2 Å². The molecule has 78 valence electrons. The van der Waals surface area contributed by atoms with Crippen LogP contribution in [0.25, 0.3) is 0 Å². The van der Waals surface area contributed by atoms with E-state index in [0.717, 1.165) is 0 Å². The molecule has 0 saturated carbocycles. The van der Waals surface area contributed by atoms with Crippen LogP contribution in [0.5, 0.6) is 0 Å². The van der Waals surface area contributed by atoms with Crippen molar-refractivity contribution >= 4 is 0 Å². The summed E-state index contributed by atoms with van der Waals surface area (Å²) in [5.74, 6) is -0.314. The molecule has 0 radical (unpaired) electrons. The minimum absolute atomic E-state index is 0.178. The molecule has 4 heteroatoms. The van der Waals surface area contributed by atoms with E-state index in [-0.39, 0.29) is 18.1 Å². The van der Waals surface area contributed by atoms with Crippen LogP contribution >= 0.6 is 0 Å². The predicted molar refractivity (Wildman–Crippen MR) is 47.0 cm³/mol. The van der Waals surface area contributed by atoms with Crippen LogP contribution in [0.15, 0.2) is 0 Å². The quantitative estimate of drug-likeness (QED) is 0.630. The van der Waals surface area contributed by atoms with Gasteiger partial charge in [0, 0.05) is 14.2 Å². The molecule has 5 unspecified atom stereocenters. The van der Waals surface area contributed by atoms with Gasteiger partial charge < -0.3 is 26.2 Å². The number of hydrogen-bond donors (Lipinski definition) is 1. The summed E-state index contributed by atoms with van der Waals surface area (Å²) in [7, 11) is 3.09. The van der Waals surface area contributed by atoms with Crippen molar-refractivity contribution in [1.82, 2.24) is 0 Å². The Hall–Kier alpha value is -0.160. The summed E-state index contributed by atoms with van der Waals surface area (Å²) in [5, 5.41) is 9.76. The minimum Gasteiger partial charge on any atom is -0.393 e. The predicted octanol–water partition coefficient (Wildman–Crippen LogP) is 0.204. The molecule has 0 aromatic carbocycles. The van der Waals surface area contributed by atoms with Crippen molar-refractivity contribution in [2.24, 2.45) is 5.92 Å². The van der Waals surface area contributed by atoms with Gasteiger partial charge in [-0.3, -0.25) is 0 Å². The third-order valence-electron chi connectivity index (χ3n) is 2.44. The fraction of sp³-hybridized carbons (Fsp3) is 0.889. The molecule has 1 heterocycles. The lowest BCUT2D eigenvalue weighted by molar-refractivity contribution is -0.263. The molecule has 1 N–H and O–H groups in total. The van der Waals surface area contributed by atoms with Gasteiger partial charge in [0.25, 0.3) is 0 Å². The highest BCUT2D eigenvalue weighted by atomic mass is 16.7. The van der Waals surface area contributed by atoms with E-state index in [1.165, 1.54) is 7.11 Å². The van der Waals surface area contributed by atoms with Crippen LogP contribution < -0.4 is 0 Å². The van der Waals surface area contributed by atoms with Crippen LogP contribution in [-0.2, 0) is 14.2 Å².